The van der Waals surface area contributed by atoms with Gasteiger partial charge in [-0.2, -0.15) is 0 Å². The Morgan fingerprint density at radius 2 is 1.67 bits per heavy atom. The molecule has 0 aliphatic carbocycles. The summed E-state index contributed by atoms with van der Waals surface area (Å²) in [5.74, 6) is 0.721. The van der Waals surface area contributed by atoms with E-state index >= 15 is 0 Å². The maximum atomic E-state index is 4.20. The van der Waals surface area contributed by atoms with Gasteiger partial charge in [-0.1, -0.05) is 13.8 Å². The molecule has 3 nitrogen and oxygen atoms in total. The highest BCUT2D eigenvalue weighted by atomic mass is 14.9. The zero-order chi connectivity index (χ0) is 11.1. The second-order valence-electron chi connectivity index (χ2n) is 2.83. The third-order valence-electron chi connectivity index (χ3n) is 1.70. The van der Waals surface area contributed by atoms with Gasteiger partial charge in [-0.3, -0.25) is 4.98 Å². The van der Waals surface area contributed by atoms with Crippen LogP contribution >= 0.6 is 0 Å². The molecule has 78 valence electrons. The molecule has 0 amide bonds. The Labute approximate surface area is 90.2 Å². The quantitative estimate of drug-likeness (QED) is 0.712. The highest BCUT2D eigenvalue weighted by Crippen LogP contribution is 2.11. The summed E-state index contributed by atoms with van der Waals surface area (Å²) in [5, 5.41) is 0. The number of hydrogen-bond acceptors (Lipinski definition) is 3. The Hall–Kier alpha value is -1.77. The zero-order valence-electron chi connectivity index (χ0n) is 9.31. The molecule has 0 spiro atoms. The number of pyridine rings is 1. The molecule has 0 saturated carbocycles. The van der Waals surface area contributed by atoms with Crippen LogP contribution in [0.1, 0.15) is 19.4 Å². The molecule has 0 aliphatic rings. The summed E-state index contributed by atoms with van der Waals surface area (Å²) >= 11 is 0. The molecule has 3 heteroatoms. The zero-order valence-corrected chi connectivity index (χ0v) is 9.31. The maximum Gasteiger partial charge on any atom is 0.160 e. The van der Waals surface area contributed by atoms with Gasteiger partial charge in [0.15, 0.2) is 5.82 Å². The standard InChI is InChI=1S/C10H9N3.C2H6/c1-8-5-12-10(13-6-8)9-3-2-4-11-7-9;1-2/h2-7H,1H3;1-2H3. The lowest BCUT2D eigenvalue weighted by Crippen LogP contribution is -1.88. The van der Waals surface area contributed by atoms with Crippen LogP contribution in [0.4, 0.5) is 0 Å². The van der Waals surface area contributed by atoms with Crippen molar-refractivity contribution in [3.63, 3.8) is 0 Å². The summed E-state index contributed by atoms with van der Waals surface area (Å²) in [6, 6.07) is 3.82. The van der Waals surface area contributed by atoms with Crippen molar-refractivity contribution >= 4 is 0 Å². The van der Waals surface area contributed by atoms with Gasteiger partial charge in [0.1, 0.15) is 0 Å². The van der Waals surface area contributed by atoms with Gasteiger partial charge in [0.05, 0.1) is 0 Å². The molecule has 0 unspecified atom stereocenters. The van der Waals surface area contributed by atoms with Crippen LogP contribution in [-0.4, -0.2) is 15.0 Å². The normalized spacial score (nSPS) is 9.00. The molecule has 2 heterocycles. The van der Waals surface area contributed by atoms with Crippen LogP contribution in [-0.2, 0) is 0 Å². The largest absolute Gasteiger partial charge is 0.264 e. The monoisotopic (exact) mass is 201 g/mol. The van der Waals surface area contributed by atoms with Gasteiger partial charge >= 0.3 is 0 Å². The van der Waals surface area contributed by atoms with Crippen molar-refractivity contribution in [1.29, 1.82) is 0 Å². The minimum Gasteiger partial charge on any atom is -0.264 e. The highest BCUT2D eigenvalue weighted by molar-refractivity contribution is 5.52. The van der Waals surface area contributed by atoms with Crippen molar-refractivity contribution in [3.05, 3.63) is 42.5 Å². The second-order valence-corrected chi connectivity index (χ2v) is 2.83. The number of hydrogen-bond donors (Lipinski definition) is 0. The molecule has 0 atom stereocenters. The first-order chi connectivity index (χ1) is 7.36. The number of nitrogens with zero attached hydrogens (tertiary/aromatic N) is 3. The Balaban J connectivity index is 0.000000531. The number of rotatable bonds is 1. The summed E-state index contributed by atoms with van der Waals surface area (Å²) in [5.41, 5.74) is 2.01. The van der Waals surface area contributed by atoms with Crippen molar-refractivity contribution in [1.82, 2.24) is 15.0 Å². The predicted octanol–water partition coefficient (Wildman–Crippen LogP) is 2.87. The molecule has 2 aromatic rings. The predicted molar refractivity (Wildman–Crippen MR) is 61.3 cm³/mol. The number of aromatic nitrogens is 3. The Bertz CT molecular complexity index is 381. The molecule has 0 saturated heterocycles. The molecule has 2 aromatic heterocycles. The van der Waals surface area contributed by atoms with E-state index in [-0.39, 0.29) is 0 Å². The van der Waals surface area contributed by atoms with Crippen molar-refractivity contribution in [3.8, 4) is 11.4 Å². The van der Waals surface area contributed by atoms with Gasteiger partial charge in [0, 0.05) is 30.4 Å². The van der Waals surface area contributed by atoms with Gasteiger partial charge in [-0.25, -0.2) is 9.97 Å². The summed E-state index contributed by atoms with van der Waals surface area (Å²) in [4.78, 5) is 12.4. The van der Waals surface area contributed by atoms with Gasteiger partial charge in [0.25, 0.3) is 0 Å². The van der Waals surface area contributed by atoms with Crippen molar-refractivity contribution < 1.29 is 0 Å². The first kappa shape index (κ1) is 11.3. The lowest BCUT2D eigenvalue weighted by atomic mass is 10.2. The van der Waals surface area contributed by atoms with Crippen LogP contribution in [0.2, 0.25) is 0 Å². The molecule has 0 bridgehead atoms. The van der Waals surface area contributed by atoms with E-state index in [0.29, 0.717) is 0 Å². The average molecular weight is 201 g/mol. The van der Waals surface area contributed by atoms with Crippen LogP contribution in [0.15, 0.2) is 36.9 Å². The Morgan fingerprint density at radius 3 is 2.20 bits per heavy atom. The summed E-state index contributed by atoms with van der Waals surface area (Å²) < 4.78 is 0. The van der Waals surface area contributed by atoms with E-state index in [4.69, 9.17) is 0 Å². The first-order valence-corrected chi connectivity index (χ1v) is 5.05. The lowest BCUT2D eigenvalue weighted by molar-refractivity contribution is 1.13. The minimum atomic E-state index is 0.721. The van der Waals surface area contributed by atoms with Crippen molar-refractivity contribution in [2.24, 2.45) is 0 Å². The fraction of sp³-hybridized carbons (Fsp3) is 0.250. The molecule has 0 radical (unpaired) electrons. The molecule has 0 aliphatic heterocycles. The van der Waals surface area contributed by atoms with Crippen LogP contribution < -0.4 is 0 Å². The lowest BCUT2D eigenvalue weighted by Gasteiger charge is -1.97. The molecular formula is C12H15N3. The van der Waals surface area contributed by atoms with E-state index in [2.05, 4.69) is 15.0 Å². The minimum absolute atomic E-state index is 0.721. The van der Waals surface area contributed by atoms with Crippen LogP contribution in [0.5, 0.6) is 0 Å². The summed E-state index contributed by atoms with van der Waals surface area (Å²) in [6.45, 7) is 5.97. The van der Waals surface area contributed by atoms with Crippen LogP contribution in [0, 0.1) is 6.92 Å². The highest BCUT2D eigenvalue weighted by Gasteiger charge is 1.98. The first-order valence-electron chi connectivity index (χ1n) is 5.05. The van der Waals surface area contributed by atoms with E-state index in [1.54, 1.807) is 24.8 Å². The van der Waals surface area contributed by atoms with E-state index in [1.807, 2.05) is 32.9 Å². The Morgan fingerprint density at radius 1 is 1.00 bits per heavy atom. The maximum absolute atomic E-state index is 4.20. The van der Waals surface area contributed by atoms with E-state index in [9.17, 15) is 0 Å². The molecule has 15 heavy (non-hydrogen) atoms. The SMILES string of the molecule is CC.Cc1cnc(-c2cccnc2)nc1. The van der Waals surface area contributed by atoms with E-state index in [1.165, 1.54) is 0 Å². The van der Waals surface area contributed by atoms with Crippen molar-refractivity contribution in [2.75, 3.05) is 0 Å². The third kappa shape index (κ3) is 3.13. The molecule has 0 aromatic carbocycles. The summed E-state index contributed by atoms with van der Waals surface area (Å²) in [7, 11) is 0. The topological polar surface area (TPSA) is 38.7 Å². The third-order valence-corrected chi connectivity index (χ3v) is 1.70. The fourth-order valence-electron chi connectivity index (χ4n) is 1.04. The van der Waals surface area contributed by atoms with Gasteiger partial charge in [-0.05, 0) is 24.6 Å². The summed E-state index contributed by atoms with van der Waals surface area (Å²) in [6.07, 6.45) is 7.09. The van der Waals surface area contributed by atoms with Gasteiger partial charge < -0.3 is 0 Å². The molecule has 0 N–H and O–H groups in total. The average Bonchev–Trinajstić information content (AvgIpc) is 2.34. The molecular weight excluding hydrogens is 186 g/mol. The smallest absolute Gasteiger partial charge is 0.160 e. The van der Waals surface area contributed by atoms with Gasteiger partial charge in [-0.15, -0.1) is 0 Å². The molecule has 2 rings (SSSR count). The van der Waals surface area contributed by atoms with E-state index < -0.39 is 0 Å². The fourth-order valence-corrected chi connectivity index (χ4v) is 1.04. The van der Waals surface area contributed by atoms with E-state index in [0.717, 1.165) is 17.0 Å². The number of aryl methyl sites for hydroxylation is 1. The van der Waals surface area contributed by atoms with Gasteiger partial charge in [0.2, 0.25) is 0 Å². The Kier molecular flexibility index (Phi) is 4.41. The second kappa shape index (κ2) is 5.86. The van der Waals surface area contributed by atoms with Crippen molar-refractivity contribution in [2.45, 2.75) is 20.8 Å². The molecule has 0 fully saturated rings. The van der Waals surface area contributed by atoms with Crippen LogP contribution in [0.25, 0.3) is 11.4 Å². The van der Waals surface area contributed by atoms with Crippen LogP contribution in [0.3, 0.4) is 0 Å².